The Morgan fingerprint density at radius 1 is 0.761 bits per heavy atom. The Balaban J connectivity index is 0.00000561. The molecule has 1 aromatic heterocycles. The second-order valence-corrected chi connectivity index (χ2v) is 21.7. The standard InChI is InChI=1S/C29H28ClN7O20S6.4Li/c30-27-33-28(31-17-3-7-21(8-4-17)63(51,52,53)12-10-55-62(48,49)50)35-29(34-27)32-22-15-20(60(42,43)44)13-16-14-23(61(45,46)47)25(26(38)24(16)22)37-36-18-1-5-19(6-2-18)59(40,41)11-9-54-58-57-56-39;;;;/h1-8,13-15,38-39H,9-12H2,(H,42,43,44)(H,45,46,47)(H,48,49,50)(H2,51,52,53)(H2,31,32,33,34,35);;;;/q;4*+1/p-4. The summed E-state index contributed by atoms with van der Waals surface area (Å²) in [6.45, 7) is -1.56. The van der Waals surface area contributed by atoms with E-state index >= 15 is 0 Å². The third kappa shape index (κ3) is 17.5. The van der Waals surface area contributed by atoms with Gasteiger partial charge in [-0.1, -0.05) is 0 Å². The van der Waals surface area contributed by atoms with E-state index in [-0.39, 0.29) is 110 Å². The largest absolute Gasteiger partial charge is 1.00 e. The van der Waals surface area contributed by atoms with Gasteiger partial charge in [0.25, 0.3) is 0 Å². The summed E-state index contributed by atoms with van der Waals surface area (Å²) in [6, 6.07) is 10.4. The van der Waals surface area contributed by atoms with Crippen LogP contribution in [-0.2, 0) is 67.8 Å². The molecule has 67 heavy (non-hydrogen) atoms. The van der Waals surface area contributed by atoms with Crippen LogP contribution in [0, 0.1) is 0 Å². The molecule has 342 valence electrons. The fraction of sp³-hybridized carbons (Fsp3) is 0.138. The minimum atomic E-state index is -5.72. The summed E-state index contributed by atoms with van der Waals surface area (Å²) in [7, 11) is -25.8. The summed E-state index contributed by atoms with van der Waals surface area (Å²) >= 11 is 6.18. The zero-order valence-electron chi connectivity index (χ0n) is 34.5. The van der Waals surface area contributed by atoms with Crippen LogP contribution < -0.4 is 91.3 Å². The molecule has 0 spiro atoms. The summed E-state index contributed by atoms with van der Waals surface area (Å²) in [5.41, 5.74) is -1.60. The molecule has 0 aliphatic heterocycles. The van der Waals surface area contributed by atoms with Gasteiger partial charge in [-0.25, -0.2) is 37.9 Å². The average Bonchev–Trinajstić information content (AvgIpc) is 3.15. The van der Waals surface area contributed by atoms with E-state index in [1.807, 2.05) is 0 Å². The third-order valence-electron chi connectivity index (χ3n) is 7.80. The van der Waals surface area contributed by atoms with Crippen LogP contribution in [0.15, 0.2) is 96.5 Å². The first-order chi connectivity index (χ1) is 29.1. The predicted octanol–water partition coefficient (Wildman–Crippen LogP) is -9.71. The molecular weight excluding hydrogens is 1020 g/mol. The smallest absolute Gasteiger partial charge is 0.744 e. The number of fused-ring (bicyclic) bond motifs is 1. The van der Waals surface area contributed by atoms with Gasteiger partial charge in [0.05, 0.1) is 55.7 Å². The van der Waals surface area contributed by atoms with E-state index in [0.29, 0.717) is 18.2 Å². The Labute approximate surface area is 437 Å². The molecule has 0 atom stereocenters. The topological polar surface area (TPSA) is 431 Å². The number of sulfone groups is 1. The number of phenols is 1. The van der Waals surface area contributed by atoms with E-state index in [0.717, 1.165) is 48.5 Å². The van der Waals surface area contributed by atoms with E-state index < -0.39 is 129 Å². The van der Waals surface area contributed by atoms with Gasteiger partial charge in [-0.05, 0) is 83.7 Å². The van der Waals surface area contributed by atoms with Crippen molar-refractivity contribution in [2.75, 3.05) is 35.4 Å². The molecule has 0 aliphatic rings. The van der Waals surface area contributed by atoms with Crippen LogP contribution in [0.25, 0.3) is 10.8 Å². The van der Waals surface area contributed by atoms with Crippen molar-refractivity contribution in [2.24, 2.45) is 10.2 Å². The van der Waals surface area contributed by atoms with Crippen LogP contribution in [0.3, 0.4) is 0 Å². The molecule has 0 fully saturated rings. The van der Waals surface area contributed by atoms with Crippen molar-refractivity contribution in [3.05, 3.63) is 72.0 Å². The summed E-state index contributed by atoms with van der Waals surface area (Å²) in [5.74, 6) is -3.80. The van der Waals surface area contributed by atoms with Crippen LogP contribution in [0.5, 0.6) is 5.75 Å². The molecule has 0 saturated heterocycles. The summed E-state index contributed by atoms with van der Waals surface area (Å²) in [5, 5.41) is 35.4. The first-order valence-electron chi connectivity index (χ1n) is 16.2. The minimum Gasteiger partial charge on any atom is -0.744 e. The minimum absolute atomic E-state index is 0. The zero-order valence-corrected chi connectivity index (χ0v) is 40.2. The van der Waals surface area contributed by atoms with E-state index in [2.05, 4.69) is 49.4 Å². The van der Waals surface area contributed by atoms with Gasteiger partial charge in [0.1, 0.15) is 35.6 Å². The number of nitrogens with one attached hydrogen (secondary N) is 2. The van der Waals surface area contributed by atoms with Gasteiger partial charge in [-0.3, -0.25) is 13.4 Å². The number of hydrogen-bond acceptors (Lipinski definition) is 26. The molecule has 38 heteroatoms. The summed E-state index contributed by atoms with van der Waals surface area (Å²) < 4.78 is 177. The van der Waals surface area contributed by atoms with Crippen LogP contribution in [0.2, 0.25) is 5.28 Å². The number of aromatic hydroxyl groups is 1. The van der Waals surface area contributed by atoms with Gasteiger partial charge in [-0.15, -0.1) is 9.45 Å². The Bertz CT molecular complexity index is 3130. The monoisotopic (exact) mass is 1040 g/mol. The fourth-order valence-corrected chi connectivity index (χ4v) is 9.51. The number of hydrogen-bond donors (Lipinski definition) is 5. The first kappa shape index (κ1) is 62.7. The molecular formula is C29H24ClLi4N7O20S6. The van der Waals surface area contributed by atoms with Crippen LogP contribution in [-0.4, -0.2) is 105 Å². The van der Waals surface area contributed by atoms with Crippen LogP contribution >= 0.6 is 23.9 Å². The van der Waals surface area contributed by atoms with Gasteiger partial charge in [0, 0.05) is 11.1 Å². The summed E-state index contributed by atoms with van der Waals surface area (Å²) in [4.78, 5) is 8.66. The molecule has 0 bridgehead atoms. The van der Waals surface area contributed by atoms with Crippen molar-refractivity contribution >= 4 is 119 Å². The molecule has 27 nitrogen and oxygen atoms in total. The van der Waals surface area contributed by atoms with Crippen LogP contribution in [0.4, 0.5) is 34.6 Å². The Morgan fingerprint density at radius 2 is 1.36 bits per heavy atom. The van der Waals surface area contributed by atoms with Crippen molar-refractivity contribution in [1.82, 2.24) is 15.0 Å². The number of benzene rings is 4. The van der Waals surface area contributed by atoms with Gasteiger partial charge < -0.3 is 43.8 Å². The number of anilines is 4. The third-order valence-corrected chi connectivity index (χ3v) is 14.3. The second kappa shape index (κ2) is 24.7. The van der Waals surface area contributed by atoms with Gasteiger partial charge >= 0.3 is 75.4 Å². The molecule has 5 aromatic rings. The average molecular weight is 1050 g/mol. The van der Waals surface area contributed by atoms with Crippen LogP contribution in [0.1, 0.15) is 0 Å². The Hall–Kier alpha value is -2.27. The number of azo groups is 1. The van der Waals surface area contributed by atoms with E-state index in [4.69, 9.17) is 15.8 Å². The van der Waals surface area contributed by atoms with Gasteiger partial charge in [0.2, 0.25) is 27.6 Å². The number of phenolic OH excluding ortho intramolecular Hbond substituents is 1. The first-order valence-corrected chi connectivity index (χ1v) is 25.1. The van der Waals surface area contributed by atoms with Crippen molar-refractivity contribution in [1.29, 1.82) is 0 Å². The molecule has 4 aromatic carbocycles. The quantitative estimate of drug-likeness (QED) is 0.00706. The normalized spacial score (nSPS) is 12.7. The molecule has 5 rings (SSSR count). The Kier molecular flexibility index (Phi) is 23.1. The molecule has 0 unspecified atom stereocenters. The van der Waals surface area contributed by atoms with E-state index in [1.54, 1.807) is 0 Å². The van der Waals surface area contributed by atoms with Gasteiger partial charge in [0.15, 0.2) is 27.9 Å². The molecule has 0 aliphatic carbocycles. The fourth-order valence-electron chi connectivity index (χ4n) is 5.07. The number of nitrogens with zero attached hydrogens (tertiary/aromatic N) is 5. The van der Waals surface area contributed by atoms with E-state index in [1.165, 1.54) is 0 Å². The molecule has 0 radical (unpaired) electrons. The van der Waals surface area contributed by atoms with Crippen molar-refractivity contribution in [3.8, 4) is 5.75 Å². The maximum absolute atomic E-state index is 12.8. The maximum atomic E-state index is 12.8. The Morgan fingerprint density at radius 3 is 1.91 bits per heavy atom. The number of aromatic nitrogens is 3. The molecule has 0 amide bonds. The van der Waals surface area contributed by atoms with E-state index in [9.17, 15) is 71.0 Å². The molecule has 0 saturated carbocycles. The second-order valence-electron chi connectivity index (χ2n) is 12.1. The SMILES string of the molecule is O=S(=O)([O-])OCCS(=O)(O)(O)c1ccc(Nc2nc(Cl)nc(Nc3cc(S(=O)(=O)[O-])cc4cc(S(=O)(=O)[O-])c(N=Nc5ccc(S(=O)(=O)CCOSOO[O-])cc5)c(O)c34)n2)cc1.[Li+].[Li+].[Li+].[Li+]. The summed E-state index contributed by atoms with van der Waals surface area (Å²) in [6.07, 6.45) is 0. The van der Waals surface area contributed by atoms with Crippen molar-refractivity contribution in [2.45, 2.75) is 19.6 Å². The predicted molar refractivity (Wildman–Crippen MR) is 210 cm³/mol. The number of halogens is 1. The number of rotatable bonds is 20. The van der Waals surface area contributed by atoms with Crippen molar-refractivity contribution in [3.63, 3.8) is 0 Å². The molecule has 5 N–H and O–H groups in total. The van der Waals surface area contributed by atoms with Gasteiger partial charge in [-0.2, -0.15) is 20.1 Å². The zero-order chi connectivity index (χ0) is 46.6. The van der Waals surface area contributed by atoms with Crippen molar-refractivity contribution < 1.29 is 164 Å². The maximum Gasteiger partial charge on any atom is 1.00 e. The molecule has 1 heterocycles.